The van der Waals surface area contributed by atoms with Crippen LogP contribution in [0.2, 0.25) is 0 Å². The minimum atomic E-state index is -0.612. The van der Waals surface area contributed by atoms with Gasteiger partial charge in [0.25, 0.3) is 5.91 Å². The van der Waals surface area contributed by atoms with E-state index in [0.717, 1.165) is 31.8 Å². The number of nitrogens with zero attached hydrogens (tertiary/aromatic N) is 6. The van der Waals surface area contributed by atoms with Gasteiger partial charge in [-0.25, -0.2) is 15.0 Å². The van der Waals surface area contributed by atoms with Gasteiger partial charge >= 0.3 is 0 Å². The summed E-state index contributed by atoms with van der Waals surface area (Å²) in [6.07, 6.45) is 12.1. The van der Waals surface area contributed by atoms with E-state index in [-0.39, 0.29) is 11.4 Å². The van der Waals surface area contributed by atoms with E-state index in [4.69, 9.17) is 21.7 Å². The number of amides is 1. The zero-order chi connectivity index (χ0) is 21.8. The number of hydrogen-bond acceptors (Lipinski definition) is 7. The predicted octanol–water partition coefficient (Wildman–Crippen LogP) is 2.70. The number of aromatic nitrogens is 4. The van der Waals surface area contributed by atoms with Crippen molar-refractivity contribution in [2.75, 3.05) is 23.7 Å². The highest BCUT2D eigenvalue weighted by atomic mass is 16.1. The maximum absolute atomic E-state index is 11.9. The monoisotopic (exact) mass is 422 g/mol. The summed E-state index contributed by atoms with van der Waals surface area (Å²) in [5.74, 6) is 1.95. The number of nitrogens with two attached hydrogens (primary N) is 2. The summed E-state index contributed by atoms with van der Waals surface area (Å²) in [6.45, 7) is 2.14. The van der Waals surface area contributed by atoms with Crippen LogP contribution in [0.1, 0.15) is 85.1 Å². The maximum Gasteiger partial charge on any atom is 0.256 e. The lowest BCUT2D eigenvalue weighted by Crippen LogP contribution is -2.36. The molecule has 9 nitrogen and oxygen atoms in total. The molecule has 1 saturated carbocycles. The van der Waals surface area contributed by atoms with Crippen LogP contribution in [-0.4, -0.2) is 38.5 Å². The highest BCUT2D eigenvalue weighted by Gasteiger charge is 2.29. The standard InChI is InChI=1S/C22H30N8O/c23-9-4-10-30-13-17(15-5-2-1-3-6-15)28-21(30)16-7-11-29(12-8-16)22-18(20(25)31)19(24)26-14-27-22/h13-16H,1-8,10-12H2,(H2,25,31)(H2,24,26,27). The van der Waals surface area contributed by atoms with Gasteiger partial charge in [0.2, 0.25) is 0 Å². The van der Waals surface area contributed by atoms with Crippen molar-refractivity contribution < 1.29 is 4.79 Å². The van der Waals surface area contributed by atoms with Crippen molar-refractivity contribution >= 4 is 17.5 Å². The van der Waals surface area contributed by atoms with Crippen molar-refractivity contribution in [1.82, 2.24) is 19.5 Å². The smallest absolute Gasteiger partial charge is 0.256 e. The van der Waals surface area contributed by atoms with Gasteiger partial charge in [0.1, 0.15) is 29.4 Å². The van der Waals surface area contributed by atoms with E-state index in [1.165, 1.54) is 44.1 Å². The Balaban J connectivity index is 1.52. The molecule has 1 aliphatic heterocycles. The largest absolute Gasteiger partial charge is 0.383 e. The number of carbonyl (C=O) groups excluding carboxylic acids is 1. The minimum Gasteiger partial charge on any atom is -0.383 e. The molecule has 0 atom stereocenters. The van der Waals surface area contributed by atoms with E-state index in [0.29, 0.717) is 30.6 Å². The lowest BCUT2D eigenvalue weighted by atomic mass is 9.87. The number of rotatable bonds is 6. The van der Waals surface area contributed by atoms with Gasteiger partial charge in [-0.1, -0.05) is 19.3 Å². The van der Waals surface area contributed by atoms with Crippen LogP contribution in [0.3, 0.4) is 0 Å². The quantitative estimate of drug-likeness (QED) is 0.729. The van der Waals surface area contributed by atoms with Gasteiger partial charge in [0.05, 0.1) is 18.2 Å². The Morgan fingerprint density at radius 1 is 1.13 bits per heavy atom. The van der Waals surface area contributed by atoms with E-state index in [1.807, 2.05) is 0 Å². The van der Waals surface area contributed by atoms with Crippen molar-refractivity contribution in [3.63, 3.8) is 0 Å². The number of nitrogen functional groups attached to an aromatic ring is 1. The highest BCUT2D eigenvalue weighted by molar-refractivity contribution is 6.01. The first-order valence-electron chi connectivity index (χ1n) is 11.2. The molecule has 0 bridgehead atoms. The first-order valence-corrected chi connectivity index (χ1v) is 11.2. The van der Waals surface area contributed by atoms with Gasteiger partial charge in [-0.15, -0.1) is 0 Å². The SMILES string of the molecule is N#CCCn1cc(C2CCCCC2)nc1C1CCN(c2ncnc(N)c2C(N)=O)CC1. The normalized spacial score (nSPS) is 18.1. The van der Waals surface area contributed by atoms with Crippen LogP contribution in [0, 0.1) is 11.3 Å². The van der Waals surface area contributed by atoms with Gasteiger partial charge in [0.15, 0.2) is 0 Å². The molecule has 4 N–H and O–H groups in total. The number of aryl methyl sites for hydroxylation is 1. The molecule has 0 spiro atoms. The predicted molar refractivity (Wildman–Crippen MR) is 117 cm³/mol. The number of anilines is 2. The molecule has 0 radical (unpaired) electrons. The average Bonchev–Trinajstić information content (AvgIpc) is 3.22. The molecule has 2 aliphatic rings. The van der Waals surface area contributed by atoms with Crippen LogP contribution in [0.15, 0.2) is 12.5 Å². The third-order valence-corrected chi connectivity index (χ3v) is 6.58. The summed E-state index contributed by atoms with van der Waals surface area (Å²) in [4.78, 5) is 27.2. The average molecular weight is 423 g/mol. The lowest BCUT2D eigenvalue weighted by molar-refractivity contribution is 0.100. The molecule has 1 aliphatic carbocycles. The van der Waals surface area contributed by atoms with Gasteiger partial charge in [0, 0.05) is 37.7 Å². The van der Waals surface area contributed by atoms with Gasteiger partial charge < -0.3 is 20.9 Å². The van der Waals surface area contributed by atoms with Crippen molar-refractivity contribution in [1.29, 1.82) is 5.26 Å². The third kappa shape index (κ3) is 4.48. The molecular weight excluding hydrogens is 392 g/mol. The number of carbonyl (C=O) groups is 1. The fourth-order valence-electron chi connectivity index (χ4n) is 4.94. The lowest BCUT2D eigenvalue weighted by Gasteiger charge is -2.33. The van der Waals surface area contributed by atoms with Crippen LogP contribution in [0.25, 0.3) is 0 Å². The first-order chi connectivity index (χ1) is 15.1. The summed E-state index contributed by atoms with van der Waals surface area (Å²) >= 11 is 0. The molecule has 3 heterocycles. The van der Waals surface area contributed by atoms with Crippen LogP contribution < -0.4 is 16.4 Å². The van der Waals surface area contributed by atoms with Crippen LogP contribution in [0.5, 0.6) is 0 Å². The van der Waals surface area contributed by atoms with E-state index >= 15 is 0 Å². The Morgan fingerprint density at radius 2 is 1.87 bits per heavy atom. The summed E-state index contributed by atoms with van der Waals surface area (Å²) in [5.41, 5.74) is 12.8. The second kappa shape index (κ2) is 9.33. The fourth-order valence-corrected chi connectivity index (χ4v) is 4.94. The number of hydrogen-bond donors (Lipinski definition) is 2. The molecule has 2 fully saturated rings. The molecule has 2 aromatic rings. The Hall–Kier alpha value is -3.15. The summed E-state index contributed by atoms with van der Waals surface area (Å²) < 4.78 is 2.20. The molecule has 1 amide bonds. The van der Waals surface area contributed by atoms with Gasteiger partial charge in [-0.2, -0.15) is 5.26 Å². The second-order valence-electron chi connectivity index (χ2n) is 8.54. The number of primary amides is 1. The number of imidazole rings is 1. The van der Waals surface area contributed by atoms with Gasteiger partial charge in [-0.05, 0) is 25.7 Å². The molecule has 31 heavy (non-hydrogen) atoms. The second-order valence-corrected chi connectivity index (χ2v) is 8.54. The van der Waals surface area contributed by atoms with E-state index in [1.54, 1.807) is 0 Å². The Bertz CT molecular complexity index is 964. The Labute approximate surface area is 182 Å². The maximum atomic E-state index is 11.9. The van der Waals surface area contributed by atoms with Gasteiger partial charge in [-0.3, -0.25) is 4.79 Å². The molecule has 164 valence electrons. The van der Waals surface area contributed by atoms with Crippen molar-refractivity contribution in [3.8, 4) is 6.07 Å². The van der Waals surface area contributed by atoms with Crippen LogP contribution in [0.4, 0.5) is 11.6 Å². The minimum absolute atomic E-state index is 0.115. The summed E-state index contributed by atoms with van der Waals surface area (Å²) in [5, 5.41) is 9.09. The van der Waals surface area contributed by atoms with Crippen LogP contribution >= 0.6 is 0 Å². The Morgan fingerprint density at radius 3 is 2.55 bits per heavy atom. The van der Waals surface area contributed by atoms with E-state index in [2.05, 4.69) is 31.7 Å². The van der Waals surface area contributed by atoms with Crippen molar-refractivity contribution in [3.05, 3.63) is 29.6 Å². The third-order valence-electron chi connectivity index (χ3n) is 6.58. The molecule has 0 unspecified atom stereocenters. The Kier molecular flexibility index (Phi) is 6.35. The van der Waals surface area contributed by atoms with E-state index in [9.17, 15) is 4.79 Å². The van der Waals surface area contributed by atoms with E-state index < -0.39 is 5.91 Å². The summed E-state index contributed by atoms with van der Waals surface area (Å²) in [7, 11) is 0. The topological polar surface area (TPSA) is 140 Å². The van der Waals surface area contributed by atoms with Crippen LogP contribution in [-0.2, 0) is 6.54 Å². The summed E-state index contributed by atoms with van der Waals surface area (Å²) in [6, 6.07) is 2.26. The molecular formula is C22H30N8O. The van der Waals surface area contributed by atoms with Crippen molar-refractivity contribution in [2.45, 2.75) is 69.7 Å². The highest BCUT2D eigenvalue weighted by Crippen LogP contribution is 2.36. The number of nitriles is 1. The number of piperidine rings is 1. The zero-order valence-corrected chi connectivity index (χ0v) is 17.8. The fraction of sp³-hybridized carbons (Fsp3) is 0.591. The molecule has 1 saturated heterocycles. The molecule has 2 aromatic heterocycles. The molecule has 4 rings (SSSR count). The molecule has 0 aromatic carbocycles. The molecule has 9 heteroatoms. The van der Waals surface area contributed by atoms with Crippen molar-refractivity contribution in [2.24, 2.45) is 5.73 Å². The zero-order valence-electron chi connectivity index (χ0n) is 17.8. The first kappa shape index (κ1) is 21.1.